The molecule has 0 unspecified atom stereocenters. The first kappa shape index (κ1) is 25.5. The van der Waals surface area contributed by atoms with Gasteiger partial charge in [0.1, 0.15) is 5.41 Å². The Labute approximate surface area is 215 Å². The number of hydrogen-bond donors (Lipinski definition) is 1. The normalized spacial score (nSPS) is 21.7. The van der Waals surface area contributed by atoms with Gasteiger partial charge in [-0.15, -0.1) is 0 Å². The molecule has 35 heavy (non-hydrogen) atoms. The van der Waals surface area contributed by atoms with E-state index >= 15 is 0 Å². The fourth-order valence-electron chi connectivity index (χ4n) is 6.22. The van der Waals surface area contributed by atoms with Gasteiger partial charge in [0.15, 0.2) is 0 Å². The second kappa shape index (κ2) is 11.4. The molecule has 0 amide bonds. The van der Waals surface area contributed by atoms with Crippen molar-refractivity contribution < 1.29 is 26.8 Å². The van der Waals surface area contributed by atoms with E-state index in [-0.39, 0.29) is 18.4 Å². The van der Waals surface area contributed by atoms with Crippen LogP contribution < -0.4 is 17.3 Å². The number of halogens is 1. The summed E-state index contributed by atoms with van der Waals surface area (Å²) < 4.78 is 5.57. The predicted molar refractivity (Wildman–Crippen MR) is 136 cm³/mol. The minimum atomic E-state index is -0.498. The summed E-state index contributed by atoms with van der Waals surface area (Å²) in [7, 11) is 0. The molecular weight excluding hydrogens is 454 g/mol. The SMILES string of the molecule is CCOC(=O)C1(c2ccccc2)CC[NH+](CCC2c3ccccc3CCc3ccccc32)CC1.[Cl-]. The van der Waals surface area contributed by atoms with Crippen LogP contribution in [0.4, 0.5) is 0 Å². The summed E-state index contributed by atoms with van der Waals surface area (Å²) in [6.07, 6.45) is 5.09. The molecule has 0 radical (unpaired) electrons. The first-order valence-electron chi connectivity index (χ1n) is 12.9. The lowest BCUT2D eigenvalue weighted by Crippen LogP contribution is -3.13. The van der Waals surface area contributed by atoms with Crippen LogP contribution >= 0.6 is 0 Å². The van der Waals surface area contributed by atoms with Crippen LogP contribution in [0.5, 0.6) is 0 Å². The second-order valence-corrected chi connectivity index (χ2v) is 9.91. The lowest BCUT2D eigenvalue weighted by atomic mass is 9.72. The summed E-state index contributed by atoms with van der Waals surface area (Å²) in [5, 5.41) is 0. The van der Waals surface area contributed by atoms with Gasteiger partial charge < -0.3 is 22.0 Å². The van der Waals surface area contributed by atoms with E-state index in [2.05, 4.69) is 60.7 Å². The predicted octanol–water partition coefficient (Wildman–Crippen LogP) is 1.49. The van der Waals surface area contributed by atoms with Crippen LogP contribution in [0.25, 0.3) is 0 Å². The largest absolute Gasteiger partial charge is 1.00 e. The van der Waals surface area contributed by atoms with Gasteiger partial charge in [0.25, 0.3) is 0 Å². The molecule has 0 saturated carbocycles. The number of hydrogen-bond acceptors (Lipinski definition) is 2. The number of carbonyl (C=O) groups is 1. The van der Waals surface area contributed by atoms with Crippen molar-refractivity contribution >= 4 is 5.97 Å². The number of nitrogens with one attached hydrogen (secondary N) is 1. The van der Waals surface area contributed by atoms with Crippen molar-refractivity contribution in [3.05, 3.63) is 107 Å². The van der Waals surface area contributed by atoms with Crippen molar-refractivity contribution in [3.8, 4) is 0 Å². The number of likely N-dealkylation sites (tertiary alicyclic amines) is 1. The van der Waals surface area contributed by atoms with Crippen molar-refractivity contribution in [1.29, 1.82) is 0 Å². The maximum atomic E-state index is 13.1. The van der Waals surface area contributed by atoms with E-state index in [0.717, 1.165) is 57.3 Å². The summed E-state index contributed by atoms with van der Waals surface area (Å²) in [5.74, 6) is 0.403. The third kappa shape index (κ3) is 5.17. The van der Waals surface area contributed by atoms with Crippen LogP contribution in [0.15, 0.2) is 78.9 Å². The molecular formula is C31H36ClNO2. The zero-order valence-corrected chi connectivity index (χ0v) is 21.4. The standard InChI is InChI=1S/C31H35NO2.ClH/c1-2-34-30(33)31(26-12-4-3-5-13-26)19-22-32(23-20-31)21-18-29-27-14-8-6-10-24(27)16-17-25-11-7-9-15-28(25)29;/h3-15,29H,2,16-23H2,1H3;1H. The van der Waals surface area contributed by atoms with Gasteiger partial charge in [-0.2, -0.15) is 0 Å². The molecule has 1 aliphatic heterocycles. The average Bonchev–Trinajstić information content (AvgIpc) is 3.05. The number of benzene rings is 3. The first-order chi connectivity index (χ1) is 16.7. The molecule has 0 atom stereocenters. The van der Waals surface area contributed by atoms with Gasteiger partial charge >= 0.3 is 5.97 Å². The van der Waals surface area contributed by atoms with Crippen molar-refractivity contribution in [2.75, 3.05) is 26.2 Å². The maximum absolute atomic E-state index is 13.1. The third-order valence-electron chi connectivity index (χ3n) is 8.11. The quantitative estimate of drug-likeness (QED) is 0.532. The molecule has 4 heteroatoms. The topological polar surface area (TPSA) is 30.7 Å². The fraction of sp³-hybridized carbons (Fsp3) is 0.387. The van der Waals surface area contributed by atoms with Gasteiger partial charge in [-0.1, -0.05) is 78.9 Å². The molecule has 1 heterocycles. The molecule has 2 aliphatic rings. The smallest absolute Gasteiger partial charge is 0.317 e. The van der Waals surface area contributed by atoms with Crippen LogP contribution in [-0.4, -0.2) is 32.2 Å². The zero-order chi connectivity index (χ0) is 23.4. The van der Waals surface area contributed by atoms with Crippen LogP contribution in [-0.2, 0) is 27.8 Å². The van der Waals surface area contributed by atoms with Gasteiger partial charge in [0.2, 0.25) is 0 Å². The minimum Gasteiger partial charge on any atom is -1.00 e. The zero-order valence-electron chi connectivity index (χ0n) is 20.6. The highest BCUT2D eigenvalue weighted by molar-refractivity contribution is 5.83. The molecule has 3 aromatic carbocycles. The van der Waals surface area contributed by atoms with E-state index in [1.807, 2.05) is 25.1 Å². The number of piperidine rings is 1. The van der Waals surface area contributed by atoms with Crippen LogP contribution in [0.2, 0.25) is 0 Å². The average molecular weight is 490 g/mol. The summed E-state index contributed by atoms with van der Waals surface area (Å²) in [4.78, 5) is 14.7. The van der Waals surface area contributed by atoms with Crippen molar-refractivity contribution in [1.82, 2.24) is 0 Å². The molecule has 1 saturated heterocycles. The van der Waals surface area contributed by atoms with Crippen molar-refractivity contribution in [2.45, 2.75) is 50.4 Å². The monoisotopic (exact) mass is 489 g/mol. The van der Waals surface area contributed by atoms with E-state index in [4.69, 9.17) is 4.74 Å². The number of rotatable bonds is 6. The Hall–Kier alpha value is -2.62. The molecule has 5 rings (SSSR count). The first-order valence-corrected chi connectivity index (χ1v) is 12.9. The number of quaternary nitrogens is 1. The summed E-state index contributed by atoms with van der Waals surface area (Å²) >= 11 is 0. The number of fused-ring (bicyclic) bond motifs is 2. The molecule has 0 spiro atoms. The number of ether oxygens (including phenoxy) is 1. The highest BCUT2D eigenvalue weighted by atomic mass is 35.5. The fourth-order valence-corrected chi connectivity index (χ4v) is 6.22. The van der Waals surface area contributed by atoms with E-state index in [0.29, 0.717) is 12.5 Å². The van der Waals surface area contributed by atoms with Crippen LogP contribution in [0, 0.1) is 0 Å². The number of carbonyl (C=O) groups excluding carboxylic acids is 1. The molecule has 3 aromatic rings. The highest BCUT2D eigenvalue weighted by Gasteiger charge is 2.46. The van der Waals surface area contributed by atoms with Gasteiger partial charge in [0.05, 0.1) is 26.2 Å². The molecule has 1 N–H and O–H groups in total. The van der Waals surface area contributed by atoms with Gasteiger partial charge in [-0.05, 0) is 47.6 Å². The molecule has 3 nitrogen and oxygen atoms in total. The minimum absolute atomic E-state index is 0. The Morgan fingerprint density at radius 3 is 1.97 bits per heavy atom. The Bertz CT molecular complexity index is 1070. The van der Waals surface area contributed by atoms with Gasteiger partial charge in [-0.25, -0.2) is 0 Å². The van der Waals surface area contributed by atoms with Crippen molar-refractivity contribution in [3.63, 3.8) is 0 Å². The van der Waals surface area contributed by atoms with E-state index in [1.165, 1.54) is 22.3 Å². The second-order valence-electron chi connectivity index (χ2n) is 9.91. The lowest BCUT2D eigenvalue weighted by Gasteiger charge is -2.38. The van der Waals surface area contributed by atoms with Gasteiger partial charge in [0, 0.05) is 25.2 Å². The summed E-state index contributed by atoms with van der Waals surface area (Å²) in [5.41, 5.74) is 6.63. The summed E-state index contributed by atoms with van der Waals surface area (Å²) in [6.45, 7) is 5.47. The lowest BCUT2D eigenvalue weighted by molar-refractivity contribution is -0.906. The van der Waals surface area contributed by atoms with Crippen molar-refractivity contribution in [2.24, 2.45) is 0 Å². The third-order valence-corrected chi connectivity index (χ3v) is 8.11. The molecule has 1 aliphatic carbocycles. The Morgan fingerprint density at radius 1 is 0.857 bits per heavy atom. The van der Waals surface area contributed by atoms with Gasteiger partial charge in [-0.3, -0.25) is 4.79 Å². The highest BCUT2D eigenvalue weighted by Crippen LogP contribution is 2.37. The van der Waals surface area contributed by atoms with Crippen LogP contribution in [0.3, 0.4) is 0 Å². The van der Waals surface area contributed by atoms with Crippen LogP contribution in [0.1, 0.15) is 59.9 Å². The Balaban J connectivity index is 0.00000289. The summed E-state index contributed by atoms with van der Waals surface area (Å²) in [6, 6.07) is 28.4. The number of aryl methyl sites for hydroxylation is 2. The molecule has 1 fully saturated rings. The Kier molecular flexibility index (Phi) is 8.30. The Morgan fingerprint density at radius 2 is 1.40 bits per heavy atom. The van der Waals surface area contributed by atoms with E-state index in [1.54, 1.807) is 4.90 Å². The maximum Gasteiger partial charge on any atom is 0.317 e. The van der Waals surface area contributed by atoms with E-state index in [9.17, 15) is 4.79 Å². The molecule has 0 aromatic heterocycles. The van der Waals surface area contributed by atoms with E-state index < -0.39 is 5.41 Å². The molecule has 184 valence electrons. The number of esters is 1. The molecule has 0 bridgehead atoms.